The van der Waals surface area contributed by atoms with Gasteiger partial charge in [0, 0.05) is 0 Å². The molecule has 0 saturated carbocycles. The van der Waals surface area contributed by atoms with E-state index in [0.717, 1.165) is 0 Å². The van der Waals surface area contributed by atoms with Gasteiger partial charge in [-0.25, -0.2) is 0 Å². The molecule has 0 heterocycles. The third kappa shape index (κ3) is 10.3. The summed E-state index contributed by atoms with van der Waals surface area (Å²) in [4.78, 5) is 0. The van der Waals surface area contributed by atoms with Crippen molar-refractivity contribution in [2.45, 2.75) is 46.0 Å². The van der Waals surface area contributed by atoms with Gasteiger partial charge in [-0.15, -0.1) is 0 Å². The third-order valence-corrected chi connectivity index (χ3v) is 2.81. The van der Waals surface area contributed by atoms with Crippen LogP contribution in [0.5, 0.6) is 0 Å². The van der Waals surface area contributed by atoms with Gasteiger partial charge in [0.1, 0.15) is 0 Å². The molecule has 14 heavy (non-hydrogen) atoms. The molecule has 0 atom stereocenters. The first-order valence-electron chi connectivity index (χ1n) is 5.82. The van der Waals surface area contributed by atoms with Gasteiger partial charge in [0.2, 0.25) is 0 Å². The summed E-state index contributed by atoms with van der Waals surface area (Å²) in [6, 6.07) is 10.5. The molecule has 74 valence electrons. The summed E-state index contributed by atoms with van der Waals surface area (Å²) in [5.74, 6) is 0. The van der Waals surface area contributed by atoms with E-state index in [1.54, 1.807) is 0 Å². The maximum absolute atomic E-state index is 2.25. The van der Waals surface area contributed by atoms with Crippen molar-refractivity contribution in [3.63, 3.8) is 0 Å². The third-order valence-electron chi connectivity index (χ3n) is 2.15. The normalized spacial score (nSPS) is 9.14. The van der Waals surface area contributed by atoms with E-state index in [-0.39, 0.29) is 0 Å². The molecule has 1 heteroatoms. The van der Waals surface area contributed by atoms with E-state index in [2.05, 4.69) is 38.1 Å². The summed E-state index contributed by atoms with van der Waals surface area (Å²) in [6.45, 7) is 4.49. The average molecular weight is 200 g/mol. The summed E-state index contributed by atoms with van der Waals surface area (Å²) < 4.78 is 1.46. The van der Waals surface area contributed by atoms with Crippen molar-refractivity contribution in [3.05, 3.63) is 30.3 Å². The molecule has 0 aliphatic carbocycles. The number of benzene rings is 1. The zero-order valence-electron chi connectivity index (χ0n) is 9.92. The van der Waals surface area contributed by atoms with Crippen LogP contribution in [0.2, 0.25) is 0 Å². The predicted octanol–water partition coefficient (Wildman–Crippen LogP) is 3.46. The van der Waals surface area contributed by atoms with E-state index in [1.165, 1.54) is 62.8 Å². The number of rotatable bonds is 4. The molecule has 0 saturated heterocycles. The standard InChI is InChI=1S/C7H16.C6H5.Na/c1-3-5-7-6-4-2;1-2-4-6-5-3-1;/h3-7H2,1-2H3;1-5H;. The van der Waals surface area contributed by atoms with Crippen molar-refractivity contribution < 1.29 is 0 Å². The second kappa shape index (κ2) is 11.3. The fourth-order valence-corrected chi connectivity index (χ4v) is 1.60. The number of unbranched alkanes of at least 4 members (excludes halogenated alkanes) is 4. The molecular weight excluding hydrogens is 179 g/mol. The van der Waals surface area contributed by atoms with E-state index < -0.39 is 0 Å². The van der Waals surface area contributed by atoms with Gasteiger partial charge in [0.15, 0.2) is 0 Å². The quantitative estimate of drug-likeness (QED) is 0.516. The van der Waals surface area contributed by atoms with Gasteiger partial charge in [0.25, 0.3) is 0 Å². The molecule has 0 bridgehead atoms. The Hall–Kier alpha value is 0.220. The molecule has 0 aliphatic rings. The molecule has 1 rings (SSSR count). The molecule has 0 N–H and O–H groups in total. The Morgan fingerprint density at radius 2 is 1.36 bits per heavy atom. The zero-order chi connectivity index (χ0) is 10.6. The average Bonchev–Trinajstić information content (AvgIpc) is 2.21. The van der Waals surface area contributed by atoms with Crippen molar-refractivity contribution in [3.8, 4) is 0 Å². The van der Waals surface area contributed by atoms with Gasteiger partial charge in [0.05, 0.1) is 0 Å². The Morgan fingerprint density at radius 1 is 0.857 bits per heavy atom. The minimum atomic E-state index is 1.17. The molecule has 0 fully saturated rings. The topological polar surface area (TPSA) is 0 Å². The zero-order valence-corrected chi connectivity index (χ0v) is 11.9. The van der Waals surface area contributed by atoms with Gasteiger partial charge in [-0.2, -0.15) is 0 Å². The summed E-state index contributed by atoms with van der Waals surface area (Å²) in [6.07, 6.45) is 7.01. The van der Waals surface area contributed by atoms with Crippen LogP contribution in [0.15, 0.2) is 30.3 Å². The van der Waals surface area contributed by atoms with Crippen LogP contribution >= 0.6 is 0 Å². The van der Waals surface area contributed by atoms with Crippen molar-refractivity contribution >= 4 is 30.7 Å². The van der Waals surface area contributed by atoms with Crippen LogP contribution in [0.25, 0.3) is 0 Å². The number of hydrogen-bond acceptors (Lipinski definition) is 0. The van der Waals surface area contributed by atoms with Crippen LogP contribution < -0.4 is 2.81 Å². The first-order chi connectivity index (χ1) is 6.81. The molecule has 0 nitrogen and oxygen atoms in total. The van der Waals surface area contributed by atoms with Crippen LogP contribution in [-0.4, -0.2) is 27.9 Å². The second-order valence-corrected chi connectivity index (χ2v) is 4.87. The van der Waals surface area contributed by atoms with Crippen LogP contribution in [0.3, 0.4) is 0 Å². The van der Waals surface area contributed by atoms with Crippen molar-refractivity contribution in [2.75, 3.05) is 0 Å². The molecular formula is C13H21Na. The summed E-state index contributed by atoms with van der Waals surface area (Å²) >= 11 is 1.17. The molecule has 0 unspecified atom stereocenters. The van der Waals surface area contributed by atoms with Gasteiger partial charge in [-0.3, -0.25) is 0 Å². The van der Waals surface area contributed by atoms with E-state index in [9.17, 15) is 0 Å². The second-order valence-electron chi connectivity index (χ2n) is 3.72. The molecule has 0 aromatic heterocycles. The van der Waals surface area contributed by atoms with E-state index in [0.29, 0.717) is 0 Å². The van der Waals surface area contributed by atoms with Crippen molar-refractivity contribution in [1.29, 1.82) is 0 Å². The van der Waals surface area contributed by atoms with E-state index in [4.69, 9.17) is 0 Å². The molecule has 1 aromatic rings. The minimum absolute atomic E-state index is 1.17. The predicted molar refractivity (Wildman–Crippen MR) is 66.3 cm³/mol. The monoisotopic (exact) mass is 200 g/mol. The Balaban J connectivity index is 0.000000241. The molecule has 0 aliphatic heterocycles. The summed E-state index contributed by atoms with van der Waals surface area (Å²) in [5, 5.41) is 0. The van der Waals surface area contributed by atoms with Crippen LogP contribution in [0.4, 0.5) is 0 Å². The Morgan fingerprint density at radius 3 is 1.64 bits per heavy atom. The van der Waals surface area contributed by atoms with Crippen molar-refractivity contribution in [1.82, 2.24) is 0 Å². The van der Waals surface area contributed by atoms with Gasteiger partial charge in [-0.1, -0.05) is 46.0 Å². The Bertz CT molecular complexity index is 190. The molecule has 0 radical (unpaired) electrons. The molecule has 0 spiro atoms. The van der Waals surface area contributed by atoms with Crippen LogP contribution in [0.1, 0.15) is 46.0 Å². The Kier molecular flexibility index (Phi) is 11.5. The van der Waals surface area contributed by atoms with Gasteiger partial charge in [-0.05, 0) is 0 Å². The SMILES string of the molecule is CCCCCCC.[Na][c]1ccccc1. The number of hydrogen-bond donors (Lipinski definition) is 0. The summed E-state index contributed by atoms with van der Waals surface area (Å²) in [7, 11) is 0. The van der Waals surface area contributed by atoms with E-state index >= 15 is 0 Å². The van der Waals surface area contributed by atoms with Gasteiger partial charge < -0.3 is 0 Å². The van der Waals surface area contributed by atoms with E-state index in [1.807, 2.05) is 6.07 Å². The first kappa shape index (κ1) is 14.2. The van der Waals surface area contributed by atoms with Crippen LogP contribution in [0, 0.1) is 0 Å². The fourth-order valence-electron chi connectivity index (χ4n) is 1.21. The molecule has 0 amide bonds. The first-order valence-corrected chi connectivity index (χ1v) is 6.82. The maximum atomic E-state index is 2.25. The summed E-state index contributed by atoms with van der Waals surface area (Å²) in [5.41, 5.74) is 0. The molecule has 1 aromatic carbocycles. The van der Waals surface area contributed by atoms with Gasteiger partial charge >= 0.3 is 61.1 Å². The van der Waals surface area contributed by atoms with Crippen molar-refractivity contribution in [2.24, 2.45) is 0 Å². The fraction of sp³-hybridized carbons (Fsp3) is 0.538. The Labute approximate surface area is 107 Å². The van der Waals surface area contributed by atoms with Crippen LogP contribution in [-0.2, 0) is 0 Å².